The highest BCUT2D eigenvalue weighted by Gasteiger charge is 2.31. The fraction of sp³-hybridized carbons (Fsp3) is 0.444. The van der Waals surface area contributed by atoms with Crippen LogP contribution in [0.15, 0.2) is 72.8 Å². The lowest BCUT2D eigenvalue weighted by Crippen LogP contribution is -2.22. The molecule has 0 spiro atoms. The SMILES string of the molecule is CC.CC.CC(C)(C)O.CO.CSN1Cc2cccc(OCCCCOCc3ccccc3)c2-c2c(C)c(-c3ccc(C)cc3)c(CC=O)c(C)c21. The maximum atomic E-state index is 11.9. The number of ether oxygens (including phenoxy) is 2. The van der Waals surface area contributed by atoms with Crippen LogP contribution in [0.2, 0.25) is 0 Å². The number of carbonyl (C=O) groups excluding carboxylic acids is 1. The molecule has 0 unspecified atom stereocenters. The molecule has 4 aromatic rings. The van der Waals surface area contributed by atoms with Crippen LogP contribution in [0.4, 0.5) is 5.69 Å². The molecule has 1 aliphatic heterocycles. The zero-order chi connectivity index (χ0) is 39.3. The number of rotatable bonds is 12. The molecule has 5 rings (SSSR count). The van der Waals surface area contributed by atoms with Gasteiger partial charge in [-0.1, -0.05) is 112 Å². The molecule has 0 saturated carbocycles. The molecule has 6 nitrogen and oxygen atoms in total. The van der Waals surface area contributed by atoms with Gasteiger partial charge in [0.1, 0.15) is 12.0 Å². The summed E-state index contributed by atoms with van der Waals surface area (Å²) in [4.78, 5) is 11.9. The maximum Gasteiger partial charge on any atom is 0.127 e. The number of hydrogen-bond donors (Lipinski definition) is 2. The largest absolute Gasteiger partial charge is 0.493 e. The lowest BCUT2D eigenvalue weighted by Gasteiger charge is -2.36. The third-order valence-electron chi connectivity index (χ3n) is 7.92. The molecule has 1 heterocycles. The number of hydrogen-bond acceptors (Lipinski definition) is 7. The number of anilines is 1. The van der Waals surface area contributed by atoms with Crippen LogP contribution in [-0.4, -0.2) is 48.7 Å². The Kier molecular flexibility index (Phi) is 21.9. The van der Waals surface area contributed by atoms with Gasteiger partial charge in [0.05, 0.1) is 31.0 Å². The Morgan fingerprint density at radius 1 is 0.788 bits per heavy atom. The summed E-state index contributed by atoms with van der Waals surface area (Å²) in [6, 6.07) is 25.4. The van der Waals surface area contributed by atoms with Crippen molar-refractivity contribution in [1.29, 1.82) is 0 Å². The van der Waals surface area contributed by atoms with E-state index in [-0.39, 0.29) is 0 Å². The van der Waals surface area contributed by atoms with E-state index >= 15 is 0 Å². The Balaban J connectivity index is 0.00000110. The summed E-state index contributed by atoms with van der Waals surface area (Å²) < 4.78 is 14.7. The number of aldehydes is 1. The predicted molar refractivity (Wildman–Crippen MR) is 225 cm³/mol. The van der Waals surface area contributed by atoms with Crippen molar-refractivity contribution in [2.45, 2.75) is 107 Å². The van der Waals surface area contributed by atoms with Crippen molar-refractivity contribution < 1.29 is 24.5 Å². The number of aryl methyl sites for hydroxylation is 1. The zero-order valence-electron chi connectivity index (χ0n) is 33.9. The number of nitrogens with zero attached hydrogens (tertiary/aromatic N) is 1. The highest BCUT2D eigenvalue weighted by atomic mass is 32.2. The maximum absolute atomic E-state index is 11.9. The number of fused-ring (bicyclic) bond motifs is 3. The molecule has 0 radical (unpaired) electrons. The molecule has 2 N–H and O–H groups in total. The zero-order valence-corrected chi connectivity index (χ0v) is 34.7. The standard InChI is InChI=1S/C36H39NO3S.C4H10O.2C2H6.CH4O/c1-25-15-17-29(18-16-25)33-27(3)34-35-30(23-37(41-4)36(34)26(2)31(33)19-20-38)13-10-14-32(35)40-22-9-8-21-39-24-28-11-6-5-7-12-28;1-4(2,3)5;3*1-2/h5-7,10-18,20H,8-9,19,21-24H2,1-4H3;5H,1-3H3;2*1-2H3;2H,1H3. The molecule has 0 aliphatic carbocycles. The number of benzene rings is 4. The first-order chi connectivity index (χ1) is 25.0. The Morgan fingerprint density at radius 3 is 1.96 bits per heavy atom. The highest BCUT2D eigenvalue weighted by molar-refractivity contribution is 7.99. The quantitative estimate of drug-likeness (QED) is 0.0853. The minimum Gasteiger partial charge on any atom is -0.493 e. The summed E-state index contributed by atoms with van der Waals surface area (Å²) in [6.07, 6.45) is 5.42. The van der Waals surface area contributed by atoms with Crippen LogP contribution in [0, 0.1) is 20.8 Å². The summed E-state index contributed by atoms with van der Waals surface area (Å²) >= 11 is 1.73. The minimum absolute atomic E-state index is 0.392. The lowest BCUT2D eigenvalue weighted by molar-refractivity contribution is -0.107. The van der Waals surface area contributed by atoms with Crippen LogP contribution in [-0.2, 0) is 29.1 Å². The molecule has 1 aliphatic rings. The van der Waals surface area contributed by atoms with E-state index in [4.69, 9.17) is 19.7 Å². The topological polar surface area (TPSA) is 79.2 Å². The smallest absolute Gasteiger partial charge is 0.127 e. The molecule has 52 heavy (non-hydrogen) atoms. The van der Waals surface area contributed by atoms with Crippen molar-refractivity contribution in [1.82, 2.24) is 0 Å². The first kappa shape index (κ1) is 46.4. The summed E-state index contributed by atoms with van der Waals surface area (Å²) in [7, 11) is 1.00. The molecule has 0 bridgehead atoms. The number of aliphatic hydroxyl groups excluding tert-OH is 1. The van der Waals surface area contributed by atoms with Crippen molar-refractivity contribution in [3.8, 4) is 28.0 Å². The predicted octanol–water partition coefficient (Wildman–Crippen LogP) is 11.1. The molecular formula is C45H65NO5S. The van der Waals surface area contributed by atoms with Gasteiger partial charge in [-0.3, -0.25) is 0 Å². The number of carbonyl (C=O) groups is 1. The molecule has 7 heteroatoms. The fourth-order valence-corrected chi connectivity index (χ4v) is 6.55. The molecule has 0 atom stereocenters. The average molecular weight is 732 g/mol. The van der Waals surface area contributed by atoms with E-state index in [2.05, 4.69) is 85.9 Å². The molecule has 0 saturated heterocycles. The second-order valence-electron chi connectivity index (χ2n) is 12.8. The molecule has 0 amide bonds. The lowest BCUT2D eigenvalue weighted by atomic mass is 9.80. The number of unbranched alkanes of at least 4 members (excludes halogenated alkanes) is 1. The Hall–Kier alpha value is -3.62. The average Bonchev–Trinajstić information content (AvgIpc) is 3.15. The Bertz CT molecular complexity index is 1590. The van der Waals surface area contributed by atoms with Crippen LogP contribution in [0.1, 0.15) is 94.7 Å². The van der Waals surface area contributed by atoms with Crippen LogP contribution in [0.3, 0.4) is 0 Å². The van der Waals surface area contributed by atoms with E-state index in [1.807, 2.05) is 45.9 Å². The van der Waals surface area contributed by atoms with Crippen LogP contribution < -0.4 is 9.04 Å². The highest BCUT2D eigenvalue weighted by Crippen LogP contribution is 2.52. The van der Waals surface area contributed by atoms with E-state index in [1.54, 1.807) is 32.7 Å². The van der Waals surface area contributed by atoms with Crippen molar-refractivity contribution in [2.75, 3.05) is 30.9 Å². The summed E-state index contributed by atoms with van der Waals surface area (Å²) in [5.74, 6) is 0.926. The first-order valence-corrected chi connectivity index (χ1v) is 19.7. The fourth-order valence-electron chi connectivity index (χ4n) is 5.87. The molecule has 4 aromatic carbocycles. The van der Waals surface area contributed by atoms with Gasteiger partial charge in [0, 0.05) is 37.5 Å². The van der Waals surface area contributed by atoms with Crippen LogP contribution >= 0.6 is 11.9 Å². The summed E-state index contributed by atoms with van der Waals surface area (Å²) in [6.45, 7) is 22.5. The normalized spacial score (nSPS) is 11.1. The van der Waals surface area contributed by atoms with Crippen LogP contribution in [0.5, 0.6) is 5.75 Å². The monoisotopic (exact) mass is 731 g/mol. The second-order valence-corrected chi connectivity index (χ2v) is 13.6. The van der Waals surface area contributed by atoms with E-state index in [0.29, 0.717) is 26.2 Å². The Morgan fingerprint density at radius 2 is 1.38 bits per heavy atom. The molecule has 0 fully saturated rings. The van der Waals surface area contributed by atoms with E-state index in [9.17, 15) is 4.79 Å². The van der Waals surface area contributed by atoms with Crippen molar-refractivity contribution in [3.05, 3.63) is 106 Å². The van der Waals surface area contributed by atoms with Gasteiger partial charge in [0.2, 0.25) is 0 Å². The third kappa shape index (κ3) is 13.7. The molecule has 286 valence electrons. The Labute approximate surface area is 319 Å². The summed E-state index contributed by atoms with van der Waals surface area (Å²) in [5, 5.41) is 15.5. The first-order valence-electron chi connectivity index (χ1n) is 18.6. The van der Waals surface area contributed by atoms with Gasteiger partial charge >= 0.3 is 0 Å². The third-order valence-corrected chi connectivity index (χ3v) is 8.67. The molecule has 0 aromatic heterocycles. The van der Waals surface area contributed by atoms with Gasteiger partial charge in [-0.15, -0.1) is 0 Å². The summed E-state index contributed by atoms with van der Waals surface area (Å²) in [5.41, 5.74) is 12.5. The van der Waals surface area contributed by atoms with E-state index < -0.39 is 5.60 Å². The van der Waals surface area contributed by atoms with E-state index in [1.165, 1.54) is 44.6 Å². The van der Waals surface area contributed by atoms with Gasteiger partial charge in [-0.05, 0) is 99.4 Å². The van der Waals surface area contributed by atoms with Crippen molar-refractivity contribution >= 4 is 23.9 Å². The van der Waals surface area contributed by atoms with Gasteiger partial charge in [-0.25, -0.2) is 0 Å². The van der Waals surface area contributed by atoms with E-state index in [0.717, 1.165) is 55.2 Å². The van der Waals surface area contributed by atoms with Gasteiger partial charge in [0.25, 0.3) is 0 Å². The molecular weight excluding hydrogens is 667 g/mol. The van der Waals surface area contributed by atoms with Crippen LogP contribution in [0.25, 0.3) is 22.3 Å². The second kappa shape index (κ2) is 24.6. The van der Waals surface area contributed by atoms with Gasteiger partial charge in [0.15, 0.2) is 0 Å². The number of aliphatic hydroxyl groups is 2. The van der Waals surface area contributed by atoms with Gasteiger partial charge in [-0.2, -0.15) is 0 Å². The van der Waals surface area contributed by atoms with Crippen molar-refractivity contribution in [2.24, 2.45) is 0 Å². The van der Waals surface area contributed by atoms with Crippen molar-refractivity contribution in [3.63, 3.8) is 0 Å². The van der Waals surface area contributed by atoms with Gasteiger partial charge < -0.3 is 28.8 Å². The minimum atomic E-state index is -0.500.